The number of thioether (sulfide) groups is 1. The van der Waals surface area contributed by atoms with Crippen LogP contribution in [0.5, 0.6) is 5.75 Å². The Morgan fingerprint density at radius 2 is 1.96 bits per heavy atom. The van der Waals surface area contributed by atoms with Gasteiger partial charge in [0.15, 0.2) is 0 Å². The van der Waals surface area contributed by atoms with Gasteiger partial charge in [0.1, 0.15) is 5.75 Å². The van der Waals surface area contributed by atoms with E-state index in [-0.39, 0.29) is 17.3 Å². The van der Waals surface area contributed by atoms with Gasteiger partial charge in [-0.2, -0.15) is 0 Å². The highest BCUT2D eigenvalue weighted by molar-refractivity contribution is 8.18. The maximum absolute atomic E-state index is 12.3. The normalized spacial score (nSPS) is 17.6. The zero-order valence-corrected chi connectivity index (χ0v) is 15.1. The lowest BCUT2D eigenvalue weighted by Gasteiger charge is -2.12. The van der Waals surface area contributed by atoms with Crippen molar-refractivity contribution in [1.82, 2.24) is 4.90 Å². The summed E-state index contributed by atoms with van der Waals surface area (Å²) in [6.07, 6.45) is 3.50. The van der Waals surface area contributed by atoms with E-state index in [1.807, 2.05) is 31.2 Å². The summed E-state index contributed by atoms with van der Waals surface area (Å²) in [7, 11) is 1.60. The van der Waals surface area contributed by atoms with E-state index in [0.29, 0.717) is 24.5 Å². The number of nitrogens with zero attached hydrogens (tertiary/aromatic N) is 1. The topological polar surface area (TPSA) is 55.8 Å². The Hall–Kier alpha value is -1.79. The fourth-order valence-corrected chi connectivity index (χ4v) is 3.03. The summed E-state index contributed by atoms with van der Waals surface area (Å²) in [4.78, 5) is 26.0. The predicted molar refractivity (Wildman–Crippen MR) is 96.0 cm³/mol. The maximum atomic E-state index is 12.3. The molecule has 1 aromatic carbocycles. The van der Waals surface area contributed by atoms with Crippen LogP contribution in [0.4, 0.5) is 4.79 Å². The van der Waals surface area contributed by atoms with Crippen LogP contribution in [0, 0.1) is 0 Å². The Morgan fingerprint density at radius 3 is 2.58 bits per heavy atom. The Kier molecular flexibility index (Phi) is 6.87. The van der Waals surface area contributed by atoms with Crippen LogP contribution in [0.2, 0.25) is 0 Å². The standard InChI is InChI=1S/C18H23NO4S/c1-4-13(2)23-15-8-6-14(7-9-15)12-16-17(20)19(18(21)24-16)10-5-11-22-3/h6-9,12-13H,4-5,10-11H2,1-3H3/b16-12+/t13-/m1/s1. The average Bonchev–Trinajstić information content (AvgIpc) is 2.84. The van der Waals surface area contributed by atoms with Gasteiger partial charge < -0.3 is 9.47 Å². The van der Waals surface area contributed by atoms with Crippen LogP contribution in [-0.4, -0.2) is 42.4 Å². The minimum absolute atomic E-state index is 0.166. The van der Waals surface area contributed by atoms with Gasteiger partial charge in [0, 0.05) is 20.3 Å². The lowest BCUT2D eigenvalue weighted by Crippen LogP contribution is -2.29. The largest absolute Gasteiger partial charge is 0.491 e. The molecule has 24 heavy (non-hydrogen) atoms. The van der Waals surface area contributed by atoms with Crippen molar-refractivity contribution in [3.8, 4) is 5.75 Å². The highest BCUT2D eigenvalue weighted by atomic mass is 32.2. The van der Waals surface area contributed by atoms with E-state index in [2.05, 4.69) is 6.92 Å². The second-order valence-corrected chi connectivity index (χ2v) is 6.58. The summed E-state index contributed by atoms with van der Waals surface area (Å²) in [6, 6.07) is 7.52. The monoisotopic (exact) mass is 349 g/mol. The number of hydrogen-bond donors (Lipinski definition) is 0. The number of amides is 2. The molecule has 0 unspecified atom stereocenters. The third-order valence-electron chi connectivity index (χ3n) is 3.69. The van der Waals surface area contributed by atoms with Gasteiger partial charge in [-0.15, -0.1) is 0 Å². The first-order chi connectivity index (χ1) is 11.5. The van der Waals surface area contributed by atoms with E-state index in [0.717, 1.165) is 29.5 Å². The van der Waals surface area contributed by atoms with Crippen LogP contribution in [0.1, 0.15) is 32.3 Å². The van der Waals surface area contributed by atoms with Crippen molar-refractivity contribution < 1.29 is 19.1 Å². The number of carbonyl (C=O) groups is 2. The first-order valence-electron chi connectivity index (χ1n) is 8.06. The highest BCUT2D eigenvalue weighted by Gasteiger charge is 2.34. The number of benzene rings is 1. The van der Waals surface area contributed by atoms with Gasteiger partial charge in [0.2, 0.25) is 0 Å². The van der Waals surface area contributed by atoms with Crippen molar-refractivity contribution in [1.29, 1.82) is 0 Å². The summed E-state index contributed by atoms with van der Waals surface area (Å²) < 4.78 is 10.7. The van der Waals surface area contributed by atoms with E-state index in [4.69, 9.17) is 9.47 Å². The van der Waals surface area contributed by atoms with E-state index in [1.165, 1.54) is 4.90 Å². The molecule has 0 saturated carbocycles. The van der Waals surface area contributed by atoms with Crippen LogP contribution >= 0.6 is 11.8 Å². The van der Waals surface area contributed by atoms with Crippen LogP contribution in [0.25, 0.3) is 6.08 Å². The van der Waals surface area contributed by atoms with Crippen molar-refractivity contribution in [3.63, 3.8) is 0 Å². The molecule has 1 heterocycles. The summed E-state index contributed by atoms with van der Waals surface area (Å²) >= 11 is 0.980. The van der Waals surface area contributed by atoms with Crippen LogP contribution < -0.4 is 4.74 Å². The lowest BCUT2D eigenvalue weighted by atomic mass is 10.2. The van der Waals surface area contributed by atoms with Gasteiger partial charge in [0.05, 0.1) is 11.0 Å². The van der Waals surface area contributed by atoms with Crippen LogP contribution in [-0.2, 0) is 9.53 Å². The molecule has 0 radical (unpaired) electrons. The molecule has 0 spiro atoms. The Bertz CT molecular complexity index is 612. The molecule has 130 valence electrons. The van der Waals surface area contributed by atoms with Gasteiger partial charge >= 0.3 is 0 Å². The third kappa shape index (κ3) is 4.85. The second kappa shape index (κ2) is 8.89. The number of imide groups is 1. The molecule has 6 heteroatoms. The SMILES string of the molecule is CC[C@@H](C)Oc1ccc(/C=C2/SC(=O)N(CCCOC)C2=O)cc1. The van der Waals surface area contributed by atoms with Gasteiger partial charge in [-0.25, -0.2) is 0 Å². The number of carbonyl (C=O) groups excluding carboxylic acids is 2. The fraction of sp³-hybridized carbons (Fsp3) is 0.444. The molecular formula is C18H23NO4S. The molecule has 2 rings (SSSR count). The van der Waals surface area contributed by atoms with Crippen LogP contribution in [0.3, 0.4) is 0 Å². The molecule has 1 aromatic rings. The number of ether oxygens (including phenoxy) is 2. The Labute approximate surface area is 147 Å². The third-order valence-corrected chi connectivity index (χ3v) is 4.60. The minimum Gasteiger partial charge on any atom is -0.491 e. The molecule has 1 aliphatic rings. The minimum atomic E-state index is -0.235. The maximum Gasteiger partial charge on any atom is 0.293 e. The highest BCUT2D eigenvalue weighted by Crippen LogP contribution is 2.32. The molecule has 2 amide bonds. The molecule has 0 bridgehead atoms. The van der Waals surface area contributed by atoms with Crippen molar-refractivity contribution in [2.24, 2.45) is 0 Å². The van der Waals surface area contributed by atoms with Gasteiger partial charge in [-0.05, 0) is 55.3 Å². The van der Waals surface area contributed by atoms with Crippen molar-refractivity contribution >= 4 is 29.0 Å². The van der Waals surface area contributed by atoms with Crippen molar-refractivity contribution in [2.75, 3.05) is 20.3 Å². The first-order valence-corrected chi connectivity index (χ1v) is 8.87. The fourth-order valence-electron chi connectivity index (χ4n) is 2.17. The molecule has 1 aliphatic heterocycles. The van der Waals surface area contributed by atoms with E-state index in [1.54, 1.807) is 13.2 Å². The van der Waals surface area contributed by atoms with Gasteiger partial charge in [-0.1, -0.05) is 19.1 Å². The molecule has 5 nitrogen and oxygen atoms in total. The quantitative estimate of drug-likeness (QED) is 0.526. The van der Waals surface area contributed by atoms with Crippen molar-refractivity contribution in [3.05, 3.63) is 34.7 Å². The van der Waals surface area contributed by atoms with E-state index >= 15 is 0 Å². The molecule has 1 atom stereocenters. The Morgan fingerprint density at radius 1 is 1.25 bits per heavy atom. The van der Waals surface area contributed by atoms with E-state index < -0.39 is 0 Å². The first kappa shape index (κ1) is 18.5. The summed E-state index contributed by atoms with van der Waals surface area (Å²) in [5, 5.41) is -0.223. The molecule has 0 N–H and O–H groups in total. The summed E-state index contributed by atoms with van der Waals surface area (Å²) in [6.45, 7) is 5.01. The lowest BCUT2D eigenvalue weighted by molar-refractivity contribution is -0.122. The van der Waals surface area contributed by atoms with E-state index in [9.17, 15) is 9.59 Å². The Balaban J connectivity index is 2.03. The van der Waals surface area contributed by atoms with Gasteiger partial charge in [0.25, 0.3) is 11.1 Å². The summed E-state index contributed by atoms with van der Waals surface area (Å²) in [5.41, 5.74) is 0.869. The summed E-state index contributed by atoms with van der Waals surface area (Å²) in [5.74, 6) is 0.565. The molecule has 1 saturated heterocycles. The molecule has 1 fully saturated rings. The number of hydrogen-bond acceptors (Lipinski definition) is 5. The average molecular weight is 349 g/mol. The smallest absolute Gasteiger partial charge is 0.293 e. The zero-order valence-electron chi connectivity index (χ0n) is 14.3. The predicted octanol–water partition coefficient (Wildman–Crippen LogP) is 3.94. The molecule has 0 aromatic heterocycles. The van der Waals surface area contributed by atoms with Crippen molar-refractivity contribution in [2.45, 2.75) is 32.8 Å². The number of methoxy groups -OCH3 is 1. The van der Waals surface area contributed by atoms with Crippen LogP contribution in [0.15, 0.2) is 29.2 Å². The molecule has 0 aliphatic carbocycles. The second-order valence-electron chi connectivity index (χ2n) is 5.59. The number of rotatable bonds is 8. The van der Waals surface area contributed by atoms with Gasteiger partial charge in [-0.3, -0.25) is 14.5 Å². The molecular weight excluding hydrogens is 326 g/mol. The zero-order chi connectivity index (χ0) is 17.5.